The van der Waals surface area contributed by atoms with Crippen LogP contribution >= 0.6 is 0 Å². The maximum absolute atomic E-state index is 11.5. The molecule has 0 spiro atoms. The number of ketones is 1. The zero-order valence-corrected chi connectivity index (χ0v) is 10.2. The molecule has 1 amide bonds. The molecule has 0 aliphatic heterocycles. The van der Waals surface area contributed by atoms with E-state index in [4.69, 9.17) is 5.11 Å². The molecule has 2 N–H and O–H groups in total. The third-order valence-corrected chi connectivity index (χ3v) is 3.08. The Hall–Kier alpha value is -1.39. The van der Waals surface area contributed by atoms with E-state index in [0.29, 0.717) is 19.3 Å². The fraction of sp³-hybridized carbons (Fsp3) is 0.750. The minimum absolute atomic E-state index is 0.0892. The number of carboxylic acids is 1. The molecule has 2 atom stereocenters. The van der Waals surface area contributed by atoms with Crippen LogP contribution in [0.15, 0.2) is 0 Å². The van der Waals surface area contributed by atoms with Gasteiger partial charge in [0, 0.05) is 18.8 Å². The first-order valence-corrected chi connectivity index (χ1v) is 5.96. The second-order valence-electron chi connectivity index (χ2n) is 4.87. The molecule has 0 aromatic rings. The first-order valence-electron chi connectivity index (χ1n) is 5.96. The van der Waals surface area contributed by atoms with Crippen molar-refractivity contribution in [2.24, 2.45) is 11.8 Å². The number of carboxylic acid groups (broad SMARTS) is 1. The van der Waals surface area contributed by atoms with Crippen molar-refractivity contribution in [1.29, 1.82) is 0 Å². The van der Waals surface area contributed by atoms with Crippen molar-refractivity contribution in [2.75, 3.05) is 0 Å². The number of carbonyl (C=O) groups is 3. The Morgan fingerprint density at radius 1 is 1.41 bits per heavy atom. The zero-order chi connectivity index (χ0) is 13.0. The molecule has 5 nitrogen and oxygen atoms in total. The van der Waals surface area contributed by atoms with Crippen molar-refractivity contribution in [3.63, 3.8) is 0 Å². The Balaban J connectivity index is 2.68. The fourth-order valence-electron chi connectivity index (χ4n) is 2.04. The van der Waals surface area contributed by atoms with Gasteiger partial charge < -0.3 is 10.4 Å². The average Bonchev–Trinajstić information content (AvgIpc) is 2.24. The smallest absolute Gasteiger partial charge is 0.326 e. The summed E-state index contributed by atoms with van der Waals surface area (Å²) in [5.41, 5.74) is 0. The molecular weight excluding hydrogens is 222 g/mol. The lowest BCUT2D eigenvalue weighted by molar-refractivity contribution is -0.144. The van der Waals surface area contributed by atoms with Crippen molar-refractivity contribution in [1.82, 2.24) is 5.32 Å². The molecule has 1 saturated carbocycles. The third-order valence-electron chi connectivity index (χ3n) is 3.08. The number of Topliss-reactive ketones (excluding diaryl/α,β-unsaturated/α-hetero) is 1. The number of aliphatic carboxylic acids is 1. The van der Waals surface area contributed by atoms with Crippen LogP contribution in [0.1, 0.15) is 39.5 Å². The molecule has 1 rings (SSSR count). The minimum atomic E-state index is -1.06. The van der Waals surface area contributed by atoms with Crippen LogP contribution in [0.5, 0.6) is 0 Å². The monoisotopic (exact) mass is 241 g/mol. The molecule has 1 fully saturated rings. The molecule has 0 aromatic carbocycles. The van der Waals surface area contributed by atoms with Crippen LogP contribution in [0.3, 0.4) is 0 Å². The largest absolute Gasteiger partial charge is 0.480 e. The van der Waals surface area contributed by atoms with Crippen molar-refractivity contribution in [3.8, 4) is 0 Å². The van der Waals surface area contributed by atoms with E-state index in [2.05, 4.69) is 5.32 Å². The molecule has 0 radical (unpaired) electrons. The van der Waals surface area contributed by atoms with Crippen LogP contribution in [-0.2, 0) is 14.4 Å². The third kappa shape index (κ3) is 3.84. The lowest BCUT2D eigenvalue weighted by atomic mass is 9.83. The number of carbonyl (C=O) groups excluding carboxylic acids is 2. The number of rotatable bonds is 4. The van der Waals surface area contributed by atoms with Gasteiger partial charge >= 0.3 is 5.97 Å². The van der Waals surface area contributed by atoms with Crippen molar-refractivity contribution >= 4 is 17.7 Å². The van der Waals surface area contributed by atoms with E-state index in [-0.39, 0.29) is 29.9 Å². The van der Waals surface area contributed by atoms with E-state index in [9.17, 15) is 14.4 Å². The van der Waals surface area contributed by atoms with Gasteiger partial charge in [-0.05, 0) is 18.8 Å². The number of nitrogens with one attached hydrogen (secondary N) is 1. The highest BCUT2D eigenvalue weighted by atomic mass is 16.4. The van der Waals surface area contributed by atoms with Crippen LogP contribution in [-0.4, -0.2) is 28.8 Å². The summed E-state index contributed by atoms with van der Waals surface area (Å²) in [6.45, 7) is 3.42. The van der Waals surface area contributed by atoms with Gasteiger partial charge in [0.2, 0.25) is 5.91 Å². The van der Waals surface area contributed by atoms with Crippen molar-refractivity contribution < 1.29 is 19.5 Å². The summed E-state index contributed by atoms with van der Waals surface area (Å²) in [6.07, 6.45) is 2.18. The lowest BCUT2D eigenvalue weighted by Crippen LogP contribution is -2.48. The van der Waals surface area contributed by atoms with Gasteiger partial charge in [-0.3, -0.25) is 9.59 Å². The average molecular weight is 241 g/mol. The minimum Gasteiger partial charge on any atom is -0.480 e. The van der Waals surface area contributed by atoms with Crippen LogP contribution < -0.4 is 5.32 Å². The predicted octanol–water partition coefficient (Wildman–Crippen LogP) is 0.971. The molecule has 0 unspecified atom stereocenters. The highest BCUT2D eigenvalue weighted by Crippen LogP contribution is 2.24. The van der Waals surface area contributed by atoms with Gasteiger partial charge in [0.05, 0.1) is 0 Å². The summed E-state index contributed by atoms with van der Waals surface area (Å²) in [5.74, 6) is -1.77. The van der Waals surface area contributed by atoms with Gasteiger partial charge in [-0.15, -0.1) is 0 Å². The maximum Gasteiger partial charge on any atom is 0.326 e. The molecule has 1 aliphatic rings. The van der Waals surface area contributed by atoms with Gasteiger partial charge in [0.15, 0.2) is 0 Å². The normalized spacial score (nSPS) is 22.3. The summed E-state index contributed by atoms with van der Waals surface area (Å²) in [5, 5.41) is 11.6. The van der Waals surface area contributed by atoms with Gasteiger partial charge in [-0.25, -0.2) is 4.79 Å². The quantitative estimate of drug-likeness (QED) is 0.768. The Morgan fingerprint density at radius 3 is 2.53 bits per heavy atom. The van der Waals surface area contributed by atoms with Gasteiger partial charge in [0.25, 0.3) is 0 Å². The highest BCUT2D eigenvalue weighted by Gasteiger charge is 2.33. The predicted molar refractivity (Wildman–Crippen MR) is 61.4 cm³/mol. The van der Waals surface area contributed by atoms with E-state index in [0.717, 1.165) is 0 Å². The molecule has 96 valence electrons. The highest BCUT2D eigenvalue weighted by molar-refractivity contribution is 5.86. The van der Waals surface area contributed by atoms with Crippen LogP contribution in [0, 0.1) is 11.8 Å². The number of hydrogen-bond acceptors (Lipinski definition) is 3. The van der Waals surface area contributed by atoms with Gasteiger partial charge in [-0.2, -0.15) is 0 Å². The van der Waals surface area contributed by atoms with Gasteiger partial charge in [-0.1, -0.05) is 13.8 Å². The lowest BCUT2D eigenvalue weighted by Gasteiger charge is -2.27. The second-order valence-corrected chi connectivity index (χ2v) is 4.87. The van der Waals surface area contributed by atoms with Crippen LogP contribution in [0.4, 0.5) is 0 Å². The molecule has 0 bridgehead atoms. The summed E-state index contributed by atoms with van der Waals surface area (Å²) in [4.78, 5) is 34.0. The number of hydrogen-bond donors (Lipinski definition) is 2. The first kappa shape index (κ1) is 13.7. The fourth-order valence-corrected chi connectivity index (χ4v) is 2.04. The van der Waals surface area contributed by atoms with Crippen LogP contribution in [0.2, 0.25) is 0 Å². The molecule has 1 aliphatic carbocycles. The van der Waals surface area contributed by atoms with E-state index in [1.54, 1.807) is 13.8 Å². The van der Waals surface area contributed by atoms with Crippen molar-refractivity contribution in [3.05, 3.63) is 0 Å². The van der Waals surface area contributed by atoms with Gasteiger partial charge in [0.1, 0.15) is 11.8 Å². The summed E-state index contributed by atoms with van der Waals surface area (Å²) in [6, 6.07) is -0.936. The van der Waals surface area contributed by atoms with E-state index >= 15 is 0 Å². The standard InChI is InChI=1S/C12H19NO4/c1-7(2)11(15)13-10(12(16)17)8-4-3-5-9(14)6-8/h7-8,10H,3-6H2,1-2H3,(H,13,15)(H,16,17)/t8-,10-/m1/s1. The number of amides is 1. The Bertz CT molecular complexity index is 324. The Kier molecular flexibility index (Phi) is 4.66. The Labute approximate surface area is 101 Å². The molecule has 0 heterocycles. The van der Waals surface area contributed by atoms with Crippen molar-refractivity contribution in [2.45, 2.75) is 45.6 Å². The SMILES string of the molecule is CC(C)C(=O)N[C@@H](C(=O)O)[C@@H]1CCCC(=O)C1. The Morgan fingerprint density at radius 2 is 2.06 bits per heavy atom. The molecular formula is C12H19NO4. The van der Waals surface area contributed by atoms with E-state index in [1.807, 2.05) is 0 Å². The molecule has 0 aromatic heterocycles. The first-order chi connectivity index (χ1) is 7.91. The van der Waals surface area contributed by atoms with E-state index in [1.165, 1.54) is 0 Å². The zero-order valence-electron chi connectivity index (χ0n) is 10.2. The topological polar surface area (TPSA) is 83.5 Å². The van der Waals surface area contributed by atoms with Crippen LogP contribution in [0.25, 0.3) is 0 Å². The molecule has 17 heavy (non-hydrogen) atoms. The summed E-state index contributed by atoms with van der Waals surface area (Å²) >= 11 is 0. The second kappa shape index (κ2) is 5.80. The maximum atomic E-state index is 11.5. The summed E-state index contributed by atoms with van der Waals surface area (Å²) in [7, 11) is 0. The molecule has 5 heteroatoms. The summed E-state index contributed by atoms with van der Waals surface area (Å²) < 4.78 is 0. The molecule has 0 saturated heterocycles. The van der Waals surface area contributed by atoms with E-state index < -0.39 is 12.0 Å².